The highest BCUT2D eigenvalue weighted by molar-refractivity contribution is 5.25. The number of ether oxygens (including phenoxy) is 1. The van der Waals surface area contributed by atoms with Gasteiger partial charge in [0.25, 0.3) is 0 Å². The van der Waals surface area contributed by atoms with Crippen LogP contribution in [0.25, 0.3) is 0 Å². The van der Waals surface area contributed by atoms with Crippen LogP contribution in [-0.2, 0) is 13.2 Å². The van der Waals surface area contributed by atoms with Crippen molar-refractivity contribution in [2.75, 3.05) is 0 Å². The van der Waals surface area contributed by atoms with E-state index < -0.39 is 11.6 Å². The molecule has 5 heteroatoms. The van der Waals surface area contributed by atoms with Gasteiger partial charge in [-0.2, -0.15) is 0 Å². The summed E-state index contributed by atoms with van der Waals surface area (Å²) < 4.78 is 36.6. The van der Waals surface area contributed by atoms with Crippen molar-refractivity contribution in [3.63, 3.8) is 0 Å². The summed E-state index contributed by atoms with van der Waals surface area (Å²) in [5.41, 5.74) is 6.40. The Kier molecular flexibility index (Phi) is 3.62. The topological polar surface area (TPSA) is 48.4 Å². The molecule has 96 valence electrons. The van der Waals surface area contributed by atoms with Gasteiger partial charge in [0.15, 0.2) is 11.6 Å². The van der Waals surface area contributed by atoms with Gasteiger partial charge in [-0.3, -0.25) is 0 Å². The number of rotatable bonds is 4. The Balaban J connectivity index is 2.06. The molecule has 18 heavy (non-hydrogen) atoms. The van der Waals surface area contributed by atoms with Crippen LogP contribution < -0.4 is 10.5 Å². The Morgan fingerprint density at radius 3 is 2.67 bits per heavy atom. The summed E-state index contributed by atoms with van der Waals surface area (Å²) in [5.74, 6) is -0.166. The van der Waals surface area contributed by atoms with Crippen molar-refractivity contribution in [2.45, 2.75) is 20.1 Å². The molecule has 0 aliphatic rings. The molecule has 0 saturated heterocycles. The van der Waals surface area contributed by atoms with Crippen molar-refractivity contribution >= 4 is 0 Å². The second-order valence-corrected chi connectivity index (χ2v) is 3.89. The summed E-state index contributed by atoms with van der Waals surface area (Å²) in [7, 11) is 0. The first-order valence-corrected chi connectivity index (χ1v) is 5.46. The average molecular weight is 253 g/mol. The van der Waals surface area contributed by atoms with Gasteiger partial charge in [-0.05, 0) is 30.7 Å². The number of aryl methyl sites for hydroxylation is 1. The lowest BCUT2D eigenvalue weighted by Gasteiger charge is -2.05. The molecule has 0 radical (unpaired) electrons. The number of furan rings is 1. The molecule has 2 N–H and O–H groups in total. The zero-order chi connectivity index (χ0) is 13.1. The van der Waals surface area contributed by atoms with Gasteiger partial charge in [-0.1, -0.05) is 0 Å². The lowest BCUT2D eigenvalue weighted by molar-refractivity contribution is 0.254. The highest BCUT2D eigenvalue weighted by Gasteiger charge is 2.09. The maximum atomic E-state index is 13.3. The molecule has 0 saturated carbocycles. The van der Waals surface area contributed by atoms with E-state index in [9.17, 15) is 8.78 Å². The molecule has 0 unspecified atom stereocenters. The van der Waals surface area contributed by atoms with E-state index >= 15 is 0 Å². The normalized spacial score (nSPS) is 10.7. The van der Waals surface area contributed by atoms with Crippen molar-refractivity contribution in [1.29, 1.82) is 0 Å². The zero-order valence-corrected chi connectivity index (χ0v) is 9.87. The molecule has 0 atom stereocenters. The van der Waals surface area contributed by atoms with Crippen LogP contribution in [0, 0.1) is 18.6 Å². The van der Waals surface area contributed by atoms with Crippen molar-refractivity contribution in [1.82, 2.24) is 0 Å². The number of nitrogens with two attached hydrogens (primary N) is 1. The van der Waals surface area contributed by atoms with E-state index in [0.29, 0.717) is 18.1 Å². The smallest absolute Gasteiger partial charge is 0.167 e. The molecule has 1 aromatic heterocycles. The minimum Gasteiger partial charge on any atom is -0.483 e. The van der Waals surface area contributed by atoms with Crippen molar-refractivity contribution in [2.24, 2.45) is 5.73 Å². The molecule has 0 aliphatic heterocycles. The van der Waals surface area contributed by atoms with E-state index in [2.05, 4.69) is 0 Å². The number of halogens is 2. The van der Waals surface area contributed by atoms with Gasteiger partial charge in [-0.25, -0.2) is 8.78 Å². The van der Waals surface area contributed by atoms with E-state index in [1.807, 2.05) is 6.92 Å². The first kappa shape index (κ1) is 12.6. The SMILES string of the molecule is Cc1cc(COc2ccc(F)cc2F)oc1CN. The Hall–Kier alpha value is -1.88. The van der Waals surface area contributed by atoms with Gasteiger partial charge >= 0.3 is 0 Å². The highest BCUT2D eigenvalue weighted by Crippen LogP contribution is 2.20. The maximum absolute atomic E-state index is 13.3. The third-order valence-electron chi connectivity index (χ3n) is 2.52. The fraction of sp³-hybridized carbons (Fsp3) is 0.231. The predicted octanol–water partition coefficient (Wildman–Crippen LogP) is 2.90. The molecule has 2 aromatic rings. The van der Waals surface area contributed by atoms with Gasteiger partial charge < -0.3 is 14.9 Å². The monoisotopic (exact) mass is 253 g/mol. The standard InChI is InChI=1S/C13H13F2NO2/c1-8-4-10(18-13(8)6-16)7-17-12-3-2-9(14)5-11(12)15/h2-5H,6-7,16H2,1H3. The van der Waals surface area contributed by atoms with Gasteiger partial charge in [0, 0.05) is 6.07 Å². The van der Waals surface area contributed by atoms with Crippen LogP contribution in [0.5, 0.6) is 5.75 Å². The molecule has 0 fully saturated rings. The molecule has 1 heterocycles. The minimum absolute atomic E-state index is 0.0141. The second kappa shape index (κ2) is 5.18. The van der Waals surface area contributed by atoms with Gasteiger partial charge in [-0.15, -0.1) is 0 Å². The molecular formula is C13H13F2NO2. The van der Waals surface area contributed by atoms with Crippen molar-refractivity contribution in [3.8, 4) is 5.75 Å². The first-order chi connectivity index (χ1) is 8.60. The van der Waals surface area contributed by atoms with Crippen molar-refractivity contribution in [3.05, 3.63) is 53.0 Å². The molecule has 0 bridgehead atoms. The van der Waals surface area contributed by atoms with E-state index in [1.165, 1.54) is 6.07 Å². The molecule has 3 nitrogen and oxygen atoms in total. The maximum Gasteiger partial charge on any atom is 0.167 e. The van der Waals surface area contributed by atoms with Crippen LogP contribution in [0.4, 0.5) is 8.78 Å². The quantitative estimate of drug-likeness (QED) is 0.911. The molecule has 1 aromatic carbocycles. The van der Waals surface area contributed by atoms with E-state index in [0.717, 1.165) is 17.7 Å². The van der Waals surface area contributed by atoms with Gasteiger partial charge in [0.05, 0.1) is 6.54 Å². The fourth-order valence-electron chi connectivity index (χ4n) is 1.61. The summed E-state index contributed by atoms with van der Waals surface area (Å²) in [5, 5.41) is 0. The van der Waals surface area contributed by atoms with E-state index in [4.69, 9.17) is 14.9 Å². The van der Waals surface area contributed by atoms with E-state index in [1.54, 1.807) is 6.07 Å². The van der Waals surface area contributed by atoms with Gasteiger partial charge in [0.1, 0.15) is 23.9 Å². The number of benzene rings is 1. The molecular weight excluding hydrogens is 240 g/mol. The van der Waals surface area contributed by atoms with E-state index in [-0.39, 0.29) is 12.4 Å². The summed E-state index contributed by atoms with van der Waals surface area (Å²) >= 11 is 0. The first-order valence-electron chi connectivity index (χ1n) is 5.46. The molecule has 0 amide bonds. The molecule has 2 rings (SSSR count). The molecule has 0 spiro atoms. The van der Waals surface area contributed by atoms with Crippen molar-refractivity contribution < 1.29 is 17.9 Å². The fourth-order valence-corrected chi connectivity index (χ4v) is 1.61. The largest absolute Gasteiger partial charge is 0.483 e. The van der Waals surface area contributed by atoms with Crippen LogP contribution in [-0.4, -0.2) is 0 Å². The van der Waals surface area contributed by atoms with Crippen LogP contribution in [0.3, 0.4) is 0 Å². The third kappa shape index (κ3) is 2.68. The van der Waals surface area contributed by atoms with Crippen LogP contribution in [0.15, 0.2) is 28.7 Å². The van der Waals surface area contributed by atoms with Crippen LogP contribution in [0.1, 0.15) is 17.1 Å². The van der Waals surface area contributed by atoms with Crippen LogP contribution in [0.2, 0.25) is 0 Å². The average Bonchev–Trinajstić information content (AvgIpc) is 2.69. The highest BCUT2D eigenvalue weighted by atomic mass is 19.1. The second-order valence-electron chi connectivity index (χ2n) is 3.89. The summed E-state index contributed by atoms with van der Waals surface area (Å²) in [6.45, 7) is 2.24. The summed E-state index contributed by atoms with van der Waals surface area (Å²) in [6, 6.07) is 4.93. The number of hydrogen-bond donors (Lipinski definition) is 1. The van der Waals surface area contributed by atoms with Crippen LogP contribution >= 0.6 is 0 Å². The molecule has 0 aliphatic carbocycles. The Labute approximate surface area is 103 Å². The number of hydrogen-bond acceptors (Lipinski definition) is 3. The van der Waals surface area contributed by atoms with Gasteiger partial charge in [0.2, 0.25) is 0 Å². The lowest BCUT2D eigenvalue weighted by Crippen LogP contribution is -1.97. The third-order valence-corrected chi connectivity index (χ3v) is 2.52. The predicted molar refractivity (Wildman–Crippen MR) is 62.0 cm³/mol. The minimum atomic E-state index is -0.739. The Morgan fingerprint density at radius 2 is 2.06 bits per heavy atom. The summed E-state index contributed by atoms with van der Waals surface area (Å²) in [4.78, 5) is 0. The Morgan fingerprint density at radius 1 is 1.28 bits per heavy atom. The lowest BCUT2D eigenvalue weighted by atomic mass is 10.2. The Bertz CT molecular complexity index is 552. The zero-order valence-electron chi connectivity index (χ0n) is 9.87. The summed E-state index contributed by atoms with van der Waals surface area (Å²) in [6.07, 6.45) is 0.